The maximum absolute atomic E-state index is 10.1. The molecule has 116 valence electrons. The SMILES string of the molecule is CCOc1cccc(C=NNc2ccc3ccccc3c2)c1O. The van der Waals surface area contributed by atoms with E-state index in [1.54, 1.807) is 18.3 Å². The zero-order valence-electron chi connectivity index (χ0n) is 12.9. The molecule has 4 heteroatoms. The van der Waals surface area contributed by atoms with Crippen LogP contribution in [0.5, 0.6) is 11.5 Å². The Labute approximate surface area is 135 Å². The van der Waals surface area contributed by atoms with Gasteiger partial charge >= 0.3 is 0 Å². The van der Waals surface area contributed by atoms with Crippen molar-refractivity contribution in [2.45, 2.75) is 6.92 Å². The number of hydrazone groups is 1. The topological polar surface area (TPSA) is 53.8 Å². The van der Waals surface area contributed by atoms with Crippen LogP contribution in [0.3, 0.4) is 0 Å². The van der Waals surface area contributed by atoms with Gasteiger partial charge in [0.15, 0.2) is 11.5 Å². The molecule has 0 aliphatic rings. The molecule has 3 aromatic carbocycles. The molecule has 0 unspecified atom stereocenters. The molecule has 0 atom stereocenters. The highest BCUT2D eigenvalue weighted by atomic mass is 16.5. The summed E-state index contributed by atoms with van der Waals surface area (Å²) >= 11 is 0. The van der Waals surface area contributed by atoms with Gasteiger partial charge in [-0.05, 0) is 42.0 Å². The van der Waals surface area contributed by atoms with E-state index in [0.717, 1.165) is 11.1 Å². The molecule has 0 saturated carbocycles. The van der Waals surface area contributed by atoms with Crippen LogP contribution in [0.15, 0.2) is 65.8 Å². The fourth-order valence-electron chi connectivity index (χ4n) is 2.35. The van der Waals surface area contributed by atoms with Crippen LogP contribution < -0.4 is 10.2 Å². The van der Waals surface area contributed by atoms with Gasteiger partial charge in [0.1, 0.15) is 0 Å². The molecular formula is C19H18N2O2. The first-order valence-corrected chi connectivity index (χ1v) is 7.50. The standard InChI is InChI=1S/C19H18N2O2/c1-2-23-18-9-5-8-16(19(18)22)13-20-21-17-11-10-14-6-3-4-7-15(14)12-17/h3-13,21-22H,2H2,1H3. The maximum Gasteiger partial charge on any atom is 0.166 e. The second kappa shape index (κ2) is 6.83. The van der Waals surface area contributed by atoms with Crippen LogP contribution in [0.25, 0.3) is 10.8 Å². The van der Waals surface area contributed by atoms with Crippen LogP contribution in [0.2, 0.25) is 0 Å². The molecule has 0 heterocycles. The van der Waals surface area contributed by atoms with E-state index >= 15 is 0 Å². The predicted octanol–water partition coefficient (Wildman–Crippen LogP) is 4.39. The third-order valence-electron chi connectivity index (χ3n) is 3.48. The average molecular weight is 306 g/mol. The van der Waals surface area contributed by atoms with Crippen molar-refractivity contribution in [1.82, 2.24) is 0 Å². The number of hydrogen-bond acceptors (Lipinski definition) is 4. The molecule has 0 radical (unpaired) electrons. The van der Waals surface area contributed by atoms with Gasteiger partial charge in [0.2, 0.25) is 0 Å². The smallest absolute Gasteiger partial charge is 0.166 e. The van der Waals surface area contributed by atoms with Gasteiger partial charge in [-0.1, -0.05) is 36.4 Å². The molecule has 3 aromatic rings. The molecule has 4 nitrogen and oxygen atoms in total. The monoisotopic (exact) mass is 306 g/mol. The number of nitrogens with one attached hydrogen (secondary N) is 1. The van der Waals surface area contributed by atoms with E-state index in [1.165, 1.54) is 5.39 Å². The highest BCUT2D eigenvalue weighted by Gasteiger charge is 2.05. The van der Waals surface area contributed by atoms with E-state index in [0.29, 0.717) is 17.9 Å². The van der Waals surface area contributed by atoms with E-state index in [1.807, 2.05) is 43.3 Å². The van der Waals surface area contributed by atoms with E-state index in [-0.39, 0.29) is 5.75 Å². The first-order valence-electron chi connectivity index (χ1n) is 7.50. The molecule has 0 saturated heterocycles. The minimum atomic E-state index is 0.0958. The Kier molecular flexibility index (Phi) is 4.43. The molecular weight excluding hydrogens is 288 g/mol. The van der Waals surface area contributed by atoms with Crippen molar-refractivity contribution in [2.24, 2.45) is 5.10 Å². The van der Waals surface area contributed by atoms with Gasteiger partial charge in [-0.3, -0.25) is 5.43 Å². The molecule has 2 N–H and O–H groups in total. The maximum atomic E-state index is 10.1. The normalized spacial score (nSPS) is 11.0. The van der Waals surface area contributed by atoms with Crippen LogP contribution in [-0.4, -0.2) is 17.9 Å². The number of para-hydroxylation sites is 1. The third-order valence-corrected chi connectivity index (χ3v) is 3.48. The Hall–Kier alpha value is -3.01. The fourth-order valence-corrected chi connectivity index (χ4v) is 2.35. The van der Waals surface area contributed by atoms with Crippen molar-refractivity contribution in [1.29, 1.82) is 0 Å². The fraction of sp³-hybridized carbons (Fsp3) is 0.105. The molecule has 0 fully saturated rings. The minimum Gasteiger partial charge on any atom is -0.504 e. The molecule has 0 amide bonds. The zero-order chi connectivity index (χ0) is 16.1. The Morgan fingerprint density at radius 1 is 1.04 bits per heavy atom. The number of nitrogens with zero attached hydrogens (tertiary/aromatic N) is 1. The van der Waals surface area contributed by atoms with Crippen LogP contribution in [0, 0.1) is 0 Å². The number of phenols is 1. The lowest BCUT2D eigenvalue weighted by Crippen LogP contribution is -1.95. The lowest BCUT2D eigenvalue weighted by atomic mass is 10.1. The van der Waals surface area contributed by atoms with Gasteiger partial charge < -0.3 is 9.84 Å². The van der Waals surface area contributed by atoms with Crippen LogP contribution in [-0.2, 0) is 0 Å². The van der Waals surface area contributed by atoms with Crippen molar-refractivity contribution in [3.63, 3.8) is 0 Å². The van der Waals surface area contributed by atoms with Crippen molar-refractivity contribution >= 4 is 22.7 Å². The number of fused-ring (bicyclic) bond motifs is 1. The Morgan fingerprint density at radius 2 is 1.87 bits per heavy atom. The molecule has 0 aliphatic carbocycles. The van der Waals surface area contributed by atoms with Crippen molar-refractivity contribution in [3.8, 4) is 11.5 Å². The number of benzene rings is 3. The molecule has 3 rings (SSSR count). The number of aromatic hydroxyl groups is 1. The van der Waals surface area contributed by atoms with E-state index < -0.39 is 0 Å². The zero-order valence-corrected chi connectivity index (χ0v) is 12.9. The Bertz CT molecular complexity index is 844. The Balaban J connectivity index is 1.76. The van der Waals surface area contributed by atoms with Gasteiger partial charge in [-0.15, -0.1) is 0 Å². The highest BCUT2D eigenvalue weighted by Crippen LogP contribution is 2.28. The summed E-state index contributed by atoms with van der Waals surface area (Å²) < 4.78 is 5.36. The number of ether oxygens (including phenoxy) is 1. The summed E-state index contributed by atoms with van der Waals surface area (Å²) in [5.41, 5.74) is 4.47. The highest BCUT2D eigenvalue weighted by molar-refractivity contribution is 5.87. The van der Waals surface area contributed by atoms with Crippen molar-refractivity contribution in [3.05, 3.63) is 66.2 Å². The number of rotatable bonds is 5. The van der Waals surface area contributed by atoms with Crippen LogP contribution >= 0.6 is 0 Å². The van der Waals surface area contributed by atoms with Crippen molar-refractivity contribution < 1.29 is 9.84 Å². The van der Waals surface area contributed by atoms with Gasteiger partial charge in [-0.2, -0.15) is 5.10 Å². The summed E-state index contributed by atoms with van der Waals surface area (Å²) in [6.45, 7) is 2.38. The minimum absolute atomic E-state index is 0.0958. The summed E-state index contributed by atoms with van der Waals surface area (Å²) in [5.74, 6) is 0.556. The lowest BCUT2D eigenvalue weighted by molar-refractivity contribution is 0.318. The molecule has 0 aliphatic heterocycles. The molecule has 0 aromatic heterocycles. The third kappa shape index (κ3) is 3.43. The van der Waals surface area contributed by atoms with E-state index in [2.05, 4.69) is 22.7 Å². The van der Waals surface area contributed by atoms with Gasteiger partial charge in [-0.25, -0.2) is 0 Å². The van der Waals surface area contributed by atoms with Gasteiger partial charge in [0.05, 0.1) is 18.5 Å². The number of phenolic OH excluding ortho intramolecular Hbond substituents is 1. The first kappa shape index (κ1) is 14.9. The van der Waals surface area contributed by atoms with Crippen LogP contribution in [0.1, 0.15) is 12.5 Å². The number of anilines is 1. The average Bonchev–Trinajstić information content (AvgIpc) is 2.58. The summed E-state index contributed by atoms with van der Waals surface area (Å²) in [7, 11) is 0. The lowest BCUT2D eigenvalue weighted by Gasteiger charge is -2.07. The second-order valence-corrected chi connectivity index (χ2v) is 5.06. The largest absolute Gasteiger partial charge is 0.504 e. The first-order chi connectivity index (χ1) is 11.3. The summed E-state index contributed by atoms with van der Waals surface area (Å²) in [6.07, 6.45) is 1.58. The van der Waals surface area contributed by atoms with E-state index in [9.17, 15) is 5.11 Å². The predicted molar refractivity (Wildman–Crippen MR) is 94.4 cm³/mol. The van der Waals surface area contributed by atoms with Gasteiger partial charge in [0.25, 0.3) is 0 Å². The molecule has 0 spiro atoms. The van der Waals surface area contributed by atoms with Crippen molar-refractivity contribution in [2.75, 3.05) is 12.0 Å². The summed E-state index contributed by atoms with van der Waals surface area (Å²) in [5, 5.41) is 16.6. The second-order valence-electron chi connectivity index (χ2n) is 5.06. The molecule has 0 bridgehead atoms. The Morgan fingerprint density at radius 3 is 2.70 bits per heavy atom. The van der Waals surface area contributed by atoms with Crippen LogP contribution in [0.4, 0.5) is 5.69 Å². The quantitative estimate of drug-likeness (QED) is 0.543. The van der Waals surface area contributed by atoms with E-state index in [4.69, 9.17) is 4.74 Å². The summed E-state index contributed by atoms with van der Waals surface area (Å²) in [6, 6.07) is 19.5. The molecule has 23 heavy (non-hydrogen) atoms. The summed E-state index contributed by atoms with van der Waals surface area (Å²) in [4.78, 5) is 0. The number of hydrogen-bond donors (Lipinski definition) is 2. The van der Waals surface area contributed by atoms with Gasteiger partial charge in [0, 0.05) is 5.56 Å².